The smallest absolute Gasteiger partial charge is 0.462 e. The van der Waals surface area contributed by atoms with Crippen molar-refractivity contribution in [2.45, 2.75) is 394 Å². The maximum absolute atomic E-state index is 13.1. The highest BCUT2D eigenvalue weighted by Gasteiger charge is 2.30. The lowest BCUT2D eigenvalue weighted by molar-refractivity contribution is -0.161. The van der Waals surface area contributed by atoms with Gasteiger partial charge in [-0.3, -0.25) is 37.3 Å². The summed E-state index contributed by atoms with van der Waals surface area (Å²) >= 11 is 0. The van der Waals surface area contributed by atoms with Crippen LogP contribution in [0.2, 0.25) is 0 Å². The number of esters is 4. The van der Waals surface area contributed by atoms with Crippen LogP contribution >= 0.6 is 15.6 Å². The van der Waals surface area contributed by atoms with Crippen molar-refractivity contribution in [1.82, 2.24) is 0 Å². The van der Waals surface area contributed by atoms with Crippen LogP contribution in [0.1, 0.15) is 375 Å². The van der Waals surface area contributed by atoms with Gasteiger partial charge >= 0.3 is 39.5 Å². The molecule has 19 heteroatoms. The van der Waals surface area contributed by atoms with E-state index in [1.54, 1.807) is 0 Å². The highest BCUT2D eigenvalue weighted by atomic mass is 31.2. The summed E-state index contributed by atoms with van der Waals surface area (Å²) in [5.41, 5.74) is 0. The molecule has 0 aromatic rings. The molecule has 0 heterocycles. The quantitative estimate of drug-likeness (QED) is 0.0222. The molecule has 0 aliphatic heterocycles. The van der Waals surface area contributed by atoms with E-state index in [9.17, 15) is 43.2 Å². The highest BCUT2D eigenvalue weighted by molar-refractivity contribution is 7.47. The number of ether oxygens (including phenoxy) is 4. The lowest BCUT2D eigenvalue weighted by Crippen LogP contribution is -2.30. The van der Waals surface area contributed by atoms with Gasteiger partial charge in [0.2, 0.25) is 0 Å². The van der Waals surface area contributed by atoms with E-state index in [0.717, 1.165) is 102 Å². The van der Waals surface area contributed by atoms with Crippen LogP contribution in [0.3, 0.4) is 0 Å². The molecule has 7 atom stereocenters. The van der Waals surface area contributed by atoms with Crippen LogP contribution in [0, 0.1) is 11.8 Å². The first kappa shape index (κ1) is 90.1. The van der Waals surface area contributed by atoms with E-state index in [4.69, 9.17) is 37.0 Å². The van der Waals surface area contributed by atoms with Crippen molar-refractivity contribution in [2.75, 3.05) is 39.6 Å². The van der Waals surface area contributed by atoms with Crippen molar-refractivity contribution in [2.24, 2.45) is 11.8 Å². The maximum Gasteiger partial charge on any atom is 0.472 e. The number of aliphatic hydroxyl groups is 1. The Labute approximate surface area is 562 Å². The van der Waals surface area contributed by atoms with Crippen LogP contribution < -0.4 is 0 Å². The van der Waals surface area contributed by atoms with Crippen molar-refractivity contribution in [3.05, 3.63) is 0 Å². The van der Waals surface area contributed by atoms with Gasteiger partial charge in [-0.05, 0) is 37.5 Å². The first-order valence-corrected chi connectivity index (χ1v) is 41.1. The van der Waals surface area contributed by atoms with Gasteiger partial charge in [0.1, 0.15) is 19.3 Å². The first-order valence-electron chi connectivity index (χ1n) is 38.1. The molecule has 92 heavy (non-hydrogen) atoms. The molecule has 0 amide bonds. The summed E-state index contributed by atoms with van der Waals surface area (Å²) in [5.74, 6) is -0.464. The number of hydrogen-bond acceptors (Lipinski definition) is 15. The van der Waals surface area contributed by atoms with E-state index in [-0.39, 0.29) is 25.7 Å². The second-order valence-corrected chi connectivity index (χ2v) is 29.7. The second-order valence-electron chi connectivity index (χ2n) is 26.8. The number of rotatable bonds is 72. The average Bonchev–Trinajstić information content (AvgIpc) is 3.74. The SMILES string of the molecule is CCCCCCCCCCCCC(=O)OC[C@H](COP(=O)(O)OC[C@H](O)COP(=O)(O)OC[C@@H](COC(=O)CCCCCCCCCCCCC(C)CC)OC(=O)CCCCCCCCCCCCCCCCC(C)CC)OC(=O)CCCCCCCCCCCC. The molecule has 0 saturated carbocycles. The van der Waals surface area contributed by atoms with Crippen LogP contribution in [0.5, 0.6) is 0 Å². The molecule has 0 radical (unpaired) electrons. The molecular weight excluding hydrogens is 1210 g/mol. The zero-order chi connectivity index (χ0) is 67.9. The number of unbranched alkanes of at least 4 members (excludes halogenated alkanes) is 40. The molecule has 0 fully saturated rings. The Morgan fingerprint density at radius 3 is 0.772 bits per heavy atom. The molecule has 0 aliphatic rings. The van der Waals surface area contributed by atoms with Gasteiger partial charge < -0.3 is 33.8 Å². The van der Waals surface area contributed by atoms with Crippen LogP contribution in [0.25, 0.3) is 0 Å². The molecule has 17 nitrogen and oxygen atoms in total. The molecule has 0 rings (SSSR count). The normalized spacial score (nSPS) is 14.7. The molecule has 0 spiro atoms. The molecule has 0 saturated heterocycles. The second kappa shape index (κ2) is 65.0. The summed E-state index contributed by atoms with van der Waals surface area (Å²) in [6.45, 7) is 9.64. The van der Waals surface area contributed by atoms with Crippen molar-refractivity contribution in [1.29, 1.82) is 0 Å². The first-order chi connectivity index (χ1) is 44.4. The molecule has 3 N–H and O–H groups in total. The Hall–Kier alpha value is -1.94. The Bertz CT molecular complexity index is 1790. The van der Waals surface area contributed by atoms with E-state index in [1.807, 2.05) is 0 Å². The summed E-state index contributed by atoms with van der Waals surface area (Å²) < 4.78 is 68.4. The number of hydrogen-bond donors (Lipinski definition) is 3. The minimum Gasteiger partial charge on any atom is -0.462 e. The molecule has 4 unspecified atom stereocenters. The van der Waals surface area contributed by atoms with Gasteiger partial charge in [0.05, 0.1) is 26.4 Å². The van der Waals surface area contributed by atoms with Crippen molar-refractivity contribution in [3.63, 3.8) is 0 Å². The third-order valence-corrected chi connectivity index (χ3v) is 19.6. The lowest BCUT2D eigenvalue weighted by Gasteiger charge is -2.21. The molecule has 0 bridgehead atoms. The minimum atomic E-state index is -4.95. The Morgan fingerprint density at radius 1 is 0.304 bits per heavy atom. The Balaban J connectivity index is 5.23. The molecule has 0 aromatic carbocycles. The summed E-state index contributed by atoms with van der Waals surface area (Å²) in [6.07, 6.45) is 51.1. The van der Waals surface area contributed by atoms with Crippen molar-refractivity contribution < 1.29 is 80.2 Å². The number of carbonyl (C=O) groups excluding carboxylic acids is 4. The monoisotopic (exact) mass is 1350 g/mol. The Kier molecular flexibility index (Phi) is 63.7. The molecule has 546 valence electrons. The lowest BCUT2D eigenvalue weighted by atomic mass is 9.99. The van der Waals surface area contributed by atoms with Gasteiger partial charge in [-0.25, -0.2) is 9.13 Å². The van der Waals surface area contributed by atoms with Gasteiger partial charge in [0.25, 0.3) is 0 Å². The summed E-state index contributed by atoms with van der Waals surface area (Å²) in [4.78, 5) is 72.6. The van der Waals surface area contributed by atoms with Crippen LogP contribution in [-0.4, -0.2) is 96.7 Å². The summed E-state index contributed by atoms with van der Waals surface area (Å²) in [6, 6.07) is 0. The molecular formula is C73H142O17P2. The summed E-state index contributed by atoms with van der Waals surface area (Å²) in [7, 11) is -9.90. The predicted octanol–water partition coefficient (Wildman–Crippen LogP) is 21.2. The third kappa shape index (κ3) is 64.1. The number of phosphoric ester groups is 2. The standard InChI is InChI=1S/C73H142O17P2/c1-7-11-13-15-17-19-31-37-43-49-55-70(75)83-61-68(89-72(77)57-51-45-39-32-20-18-16-14-12-8-2)63-87-91(79,80)85-59-67(74)60-86-92(81,82)88-64-69(62-84-71(76)56-50-44-38-33-28-27-30-36-42-48-54-66(6)10-4)90-73(78)58-52-46-40-34-26-24-22-21-23-25-29-35-41-47-53-65(5)9-3/h65-69,74H,7-64H2,1-6H3,(H,79,80)(H,81,82)/t65?,66?,67-,68+,69+/m0/s1. The fraction of sp³-hybridized carbons (Fsp3) is 0.945. The molecule has 0 aromatic heterocycles. The zero-order valence-electron chi connectivity index (χ0n) is 59.9. The average molecular weight is 1350 g/mol. The number of carbonyl (C=O) groups is 4. The van der Waals surface area contributed by atoms with E-state index < -0.39 is 97.5 Å². The van der Waals surface area contributed by atoms with Gasteiger partial charge in [0, 0.05) is 25.7 Å². The van der Waals surface area contributed by atoms with Gasteiger partial charge in [-0.2, -0.15) is 0 Å². The van der Waals surface area contributed by atoms with Gasteiger partial charge in [-0.1, -0.05) is 324 Å². The van der Waals surface area contributed by atoms with Crippen molar-refractivity contribution >= 4 is 39.5 Å². The van der Waals surface area contributed by atoms with Gasteiger partial charge in [0.15, 0.2) is 12.2 Å². The fourth-order valence-corrected chi connectivity index (χ4v) is 12.6. The number of phosphoric acid groups is 2. The van der Waals surface area contributed by atoms with E-state index >= 15 is 0 Å². The molecule has 0 aliphatic carbocycles. The fourth-order valence-electron chi connectivity index (χ4n) is 11.1. The van der Waals surface area contributed by atoms with Crippen LogP contribution in [0.15, 0.2) is 0 Å². The van der Waals surface area contributed by atoms with E-state index in [0.29, 0.717) is 25.7 Å². The maximum atomic E-state index is 13.1. The third-order valence-electron chi connectivity index (χ3n) is 17.7. The topological polar surface area (TPSA) is 237 Å². The predicted molar refractivity (Wildman–Crippen MR) is 372 cm³/mol. The largest absolute Gasteiger partial charge is 0.472 e. The van der Waals surface area contributed by atoms with E-state index in [2.05, 4.69) is 41.5 Å². The van der Waals surface area contributed by atoms with Crippen LogP contribution in [0.4, 0.5) is 0 Å². The highest BCUT2D eigenvalue weighted by Crippen LogP contribution is 2.45. The minimum absolute atomic E-state index is 0.107. The Morgan fingerprint density at radius 2 is 0.522 bits per heavy atom. The van der Waals surface area contributed by atoms with Crippen LogP contribution in [-0.2, 0) is 65.4 Å². The number of aliphatic hydroxyl groups excluding tert-OH is 1. The van der Waals surface area contributed by atoms with Crippen molar-refractivity contribution in [3.8, 4) is 0 Å². The summed E-state index contributed by atoms with van der Waals surface area (Å²) in [5, 5.41) is 10.6. The van der Waals surface area contributed by atoms with E-state index in [1.165, 1.54) is 193 Å². The zero-order valence-corrected chi connectivity index (χ0v) is 61.6. The van der Waals surface area contributed by atoms with Gasteiger partial charge in [-0.15, -0.1) is 0 Å².